The lowest BCUT2D eigenvalue weighted by molar-refractivity contribution is -0.142. The molecular formula is C12H15ClF3NO3. The van der Waals surface area contributed by atoms with Crippen molar-refractivity contribution >= 4 is 18.4 Å². The number of halogens is 4. The van der Waals surface area contributed by atoms with Gasteiger partial charge in [0.15, 0.2) is 0 Å². The predicted molar refractivity (Wildman–Crippen MR) is 68.8 cm³/mol. The monoisotopic (exact) mass is 313 g/mol. The molecule has 1 rings (SSSR count). The maximum atomic E-state index is 12.9. The Bertz CT molecular complexity index is 466. The molecule has 1 atom stereocenters. The fourth-order valence-corrected chi connectivity index (χ4v) is 1.60. The van der Waals surface area contributed by atoms with E-state index in [-0.39, 0.29) is 30.1 Å². The zero-order valence-corrected chi connectivity index (χ0v) is 11.7. The Morgan fingerprint density at radius 1 is 1.35 bits per heavy atom. The molecule has 0 amide bonds. The Balaban J connectivity index is 0.00000361. The van der Waals surface area contributed by atoms with Crippen LogP contribution in [0.15, 0.2) is 18.2 Å². The molecule has 0 aliphatic heterocycles. The summed E-state index contributed by atoms with van der Waals surface area (Å²) in [5.41, 5.74) is 4.54. The van der Waals surface area contributed by atoms with E-state index < -0.39 is 23.8 Å². The SMILES string of the molecule is COC(=O)C[C@H](N)c1ccc(OC)cc1C(F)(F)F.Cl. The number of ether oxygens (including phenoxy) is 2. The summed E-state index contributed by atoms with van der Waals surface area (Å²) in [6.45, 7) is 0. The second-order valence-electron chi connectivity index (χ2n) is 3.84. The molecule has 0 spiro atoms. The van der Waals surface area contributed by atoms with Crippen LogP contribution in [0.25, 0.3) is 0 Å². The number of alkyl halides is 3. The van der Waals surface area contributed by atoms with E-state index in [9.17, 15) is 18.0 Å². The Morgan fingerprint density at radius 3 is 2.40 bits per heavy atom. The number of benzene rings is 1. The van der Waals surface area contributed by atoms with Crippen LogP contribution in [-0.2, 0) is 15.7 Å². The topological polar surface area (TPSA) is 61.5 Å². The summed E-state index contributed by atoms with van der Waals surface area (Å²) in [7, 11) is 2.41. The van der Waals surface area contributed by atoms with Crippen LogP contribution < -0.4 is 10.5 Å². The predicted octanol–water partition coefficient (Wildman–Crippen LogP) is 2.70. The lowest BCUT2D eigenvalue weighted by Gasteiger charge is -2.18. The van der Waals surface area contributed by atoms with E-state index in [1.54, 1.807) is 0 Å². The van der Waals surface area contributed by atoms with Gasteiger partial charge in [0.25, 0.3) is 0 Å². The molecule has 0 aliphatic carbocycles. The Kier molecular flexibility index (Phi) is 6.81. The van der Waals surface area contributed by atoms with Gasteiger partial charge in [-0.2, -0.15) is 13.2 Å². The van der Waals surface area contributed by atoms with Crippen LogP contribution in [0.1, 0.15) is 23.6 Å². The van der Waals surface area contributed by atoms with Crippen molar-refractivity contribution in [2.75, 3.05) is 14.2 Å². The molecule has 0 unspecified atom stereocenters. The lowest BCUT2D eigenvalue weighted by atomic mass is 9.98. The Hall–Kier alpha value is -1.47. The highest BCUT2D eigenvalue weighted by atomic mass is 35.5. The molecule has 0 heterocycles. The van der Waals surface area contributed by atoms with Crippen molar-refractivity contribution in [3.63, 3.8) is 0 Å². The molecule has 2 N–H and O–H groups in total. The van der Waals surface area contributed by atoms with E-state index in [1.807, 2.05) is 0 Å². The van der Waals surface area contributed by atoms with Crippen molar-refractivity contribution < 1.29 is 27.4 Å². The van der Waals surface area contributed by atoms with Crippen molar-refractivity contribution in [1.29, 1.82) is 0 Å². The molecule has 4 nitrogen and oxygen atoms in total. The molecule has 1 aromatic carbocycles. The zero-order chi connectivity index (χ0) is 14.6. The van der Waals surface area contributed by atoms with Gasteiger partial charge in [0.1, 0.15) is 5.75 Å². The van der Waals surface area contributed by atoms with Crippen LogP contribution in [-0.4, -0.2) is 20.2 Å². The molecule has 0 fully saturated rings. The zero-order valence-electron chi connectivity index (χ0n) is 10.9. The van der Waals surface area contributed by atoms with Crippen molar-refractivity contribution in [1.82, 2.24) is 0 Å². The molecule has 0 bridgehead atoms. The van der Waals surface area contributed by atoms with Gasteiger partial charge in [0, 0.05) is 6.04 Å². The van der Waals surface area contributed by atoms with Gasteiger partial charge in [0.05, 0.1) is 26.2 Å². The maximum Gasteiger partial charge on any atom is 0.416 e. The minimum atomic E-state index is -4.57. The average Bonchev–Trinajstić information content (AvgIpc) is 2.36. The van der Waals surface area contributed by atoms with Crippen molar-refractivity contribution in [2.24, 2.45) is 5.73 Å². The summed E-state index contributed by atoms with van der Waals surface area (Å²) in [6, 6.07) is 2.33. The average molecular weight is 314 g/mol. The van der Waals surface area contributed by atoms with Crippen LogP contribution in [0.3, 0.4) is 0 Å². The first kappa shape index (κ1) is 18.5. The lowest BCUT2D eigenvalue weighted by Crippen LogP contribution is -2.20. The fraction of sp³-hybridized carbons (Fsp3) is 0.417. The summed E-state index contributed by atoms with van der Waals surface area (Å²) in [5, 5.41) is 0. The molecule has 0 radical (unpaired) electrons. The number of methoxy groups -OCH3 is 2. The Morgan fingerprint density at radius 2 is 1.95 bits per heavy atom. The van der Waals surface area contributed by atoms with Crippen LogP contribution in [0.4, 0.5) is 13.2 Å². The third-order valence-electron chi connectivity index (χ3n) is 2.58. The summed E-state index contributed by atoms with van der Waals surface area (Å²) in [5.74, 6) is -0.599. The van der Waals surface area contributed by atoms with Gasteiger partial charge in [-0.25, -0.2) is 0 Å². The van der Waals surface area contributed by atoms with Crippen LogP contribution in [0, 0.1) is 0 Å². The maximum absolute atomic E-state index is 12.9. The smallest absolute Gasteiger partial charge is 0.416 e. The van der Waals surface area contributed by atoms with Crippen LogP contribution >= 0.6 is 12.4 Å². The first-order valence-corrected chi connectivity index (χ1v) is 5.37. The summed E-state index contributed by atoms with van der Waals surface area (Å²) < 4.78 is 47.9. The molecular weight excluding hydrogens is 299 g/mol. The number of carbonyl (C=O) groups is 1. The van der Waals surface area contributed by atoms with Gasteiger partial charge in [-0.1, -0.05) is 6.07 Å². The molecule has 0 aromatic heterocycles. The van der Waals surface area contributed by atoms with E-state index in [0.29, 0.717) is 0 Å². The largest absolute Gasteiger partial charge is 0.497 e. The van der Waals surface area contributed by atoms with Crippen molar-refractivity contribution in [3.05, 3.63) is 29.3 Å². The van der Waals surface area contributed by atoms with E-state index in [2.05, 4.69) is 4.74 Å². The summed E-state index contributed by atoms with van der Waals surface area (Å²) in [4.78, 5) is 11.1. The second kappa shape index (κ2) is 7.35. The van der Waals surface area contributed by atoms with E-state index in [4.69, 9.17) is 10.5 Å². The number of esters is 1. The number of carbonyl (C=O) groups excluding carboxylic acids is 1. The minimum Gasteiger partial charge on any atom is -0.497 e. The quantitative estimate of drug-likeness (QED) is 0.868. The van der Waals surface area contributed by atoms with Crippen molar-refractivity contribution in [2.45, 2.75) is 18.6 Å². The highest BCUT2D eigenvalue weighted by Crippen LogP contribution is 2.37. The molecule has 0 saturated heterocycles. The molecule has 0 aliphatic rings. The van der Waals surface area contributed by atoms with Gasteiger partial charge in [-0.15, -0.1) is 12.4 Å². The standard InChI is InChI=1S/C12H14F3NO3.ClH/c1-18-7-3-4-8(9(5-7)12(13,14)15)10(16)6-11(17)19-2;/h3-5,10H,6,16H2,1-2H3;1H/t10-;/m0./s1. The first-order valence-electron chi connectivity index (χ1n) is 5.37. The second-order valence-corrected chi connectivity index (χ2v) is 3.84. The van der Waals surface area contributed by atoms with E-state index in [1.165, 1.54) is 19.2 Å². The number of hydrogen-bond donors (Lipinski definition) is 1. The van der Waals surface area contributed by atoms with Crippen LogP contribution in [0.2, 0.25) is 0 Å². The molecule has 0 saturated carbocycles. The van der Waals surface area contributed by atoms with Gasteiger partial charge in [-0.05, 0) is 17.7 Å². The Labute approximate surface area is 120 Å². The number of hydrogen-bond acceptors (Lipinski definition) is 4. The summed E-state index contributed by atoms with van der Waals surface area (Å²) in [6.07, 6.45) is -4.90. The molecule has 8 heteroatoms. The van der Waals surface area contributed by atoms with Crippen molar-refractivity contribution in [3.8, 4) is 5.75 Å². The van der Waals surface area contributed by atoms with Crippen LogP contribution in [0.5, 0.6) is 5.75 Å². The summed E-state index contributed by atoms with van der Waals surface area (Å²) >= 11 is 0. The number of rotatable bonds is 4. The number of nitrogens with two attached hydrogens (primary N) is 1. The van der Waals surface area contributed by atoms with Gasteiger partial charge in [0.2, 0.25) is 0 Å². The highest BCUT2D eigenvalue weighted by Gasteiger charge is 2.35. The fourth-order valence-electron chi connectivity index (χ4n) is 1.60. The minimum absolute atomic E-state index is 0. The van der Waals surface area contributed by atoms with Gasteiger partial charge < -0.3 is 15.2 Å². The molecule has 1 aromatic rings. The van der Waals surface area contributed by atoms with E-state index in [0.717, 1.165) is 13.2 Å². The highest BCUT2D eigenvalue weighted by molar-refractivity contribution is 5.85. The molecule has 114 valence electrons. The molecule has 20 heavy (non-hydrogen) atoms. The van der Waals surface area contributed by atoms with E-state index >= 15 is 0 Å². The first-order chi connectivity index (χ1) is 8.79. The third kappa shape index (κ3) is 4.57. The normalized spacial score (nSPS) is 12.3. The van der Waals surface area contributed by atoms with Gasteiger partial charge >= 0.3 is 12.1 Å². The van der Waals surface area contributed by atoms with Gasteiger partial charge in [-0.3, -0.25) is 4.79 Å². The third-order valence-corrected chi connectivity index (χ3v) is 2.58.